The van der Waals surface area contributed by atoms with Gasteiger partial charge in [0.2, 0.25) is 0 Å². The maximum atomic E-state index is 13.0. The zero-order valence-corrected chi connectivity index (χ0v) is 17.2. The number of rotatable bonds is 3. The van der Waals surface area contributed by atoms with Crippen LogP contribution in [0.5, 0.6) is 0 Å². The second-order valence-electron chi connectivity index (χ2n) is 8.85. The Bertz CT molecular complexity index is 1000. The first-order valence-electron chi connectivity index (χ1n) is 10.9. The molecule has 1 amide bonds. The number of piperidine rings is 1. The summed E-state index contributed by atoms with van der Waals surface area (Å²) in [7, 11) is 0. The minimum Gasteiger partial charge on any atom is -0.480 e. The fourth-order valence-corrected chi connectivity index (χ4v) is 5.57. The van der Waals surface area contributed by atoms with Gasteiger partial charge in [0, 0.05) is 25.3 Å². The number of carbonyl (C=O) groups excluding carboxylic acids is 2. The molecule has 1 heterocycles. The van der Waals surface area contributed by atoms with E-state index in [2.05, 4.69) is 24.3 Å². The van der Waals surface area contributed by atoms with Crippen molar-refractivity contribution in [1.29, 1.82) is 0 Å². The number of ether oxygens (including phenoxy) is 1. The van der Waals surface area contributed by atoms with Crippen LogP contribution >= 0.6 is 0 Å². The van der Waals surface area contributed by atoms with Crippen LogP contribution in [0.4, 0.5) is 4.79 Å². The Kier molecular flexibility index (Phi) is 5.00. The molecule has 6 heteroatoms. The van der Waals surface area contributed by atoms with Gasteiger partial charge in [-0.25, -0.2) is 9.59 Å². The van der Waals surface area contributed by atoms with Crippen molar-refractivity contribution in [1.82, 2.24) is 4.90 Å². The van der Waals surface area contributed by atoms with Crippen LogP contribution in [-0.4, -0.2) is 47.0 Å². The molecule has 160 valence electrons. The van der Waals surface area contributed by atoms with E-state index in [0.717, 1.165) is 22.3 Å². The van der Waals surface area contributed by atoms with Crippen molar-refractivity contribution in [2.75, 3.05) is 13.2 Å². The van der Waals surface area contributed by atoms with E-state index < -0.39 is 18.1 Å². The Morgan fingerprint density at radius 1 is 1.00 bits per heavy atom. The number of Topliss-reactive ketones (excluding diaryl/α,β-unsaturated/α-hetero) is 1. The lowest BCUT2D eigenvalue weighted by atomic mass is 9.72. The number of hydrogen-bond donors (Lipinski definition) is 1. The third-order valence-electron chi connectivity index (χ3n) is 7.14. The van der Waals surface area contributed by atoms with E-state index in [4.69, 9.17) is 4.74 Å². The normalized spacial score (nSPS) is 24.8. The highest BCUT2D eigenvalue weighted by Crippen LogP contribution is 2.45. The predicted octanol–water partition coefficient (Wildman–Crippen LogP) is 4.08. The van der Waals surface area contributed by atoms with Crippen LogP contribution in [0.1, 0.15) is 42.7 Å². The molecule has 1 aliphatic heterocycles. The van der Waals surface area contributed by atoms with E-state index >= 15 is 0 Å². The zero-order chi connectivity index (χ0) is 21.5. The molecule has 2 aromatic rings. The molecule has 31 heavy (non-hydrogen) atoms. The predicted molar refractivity (Wildman–Crippen MR) is 114 cm³/mol. The SMILES string of the molecule is O=C1CC[C@@H]2CN(C(=O)OCC3c4ccccc4-c4ccccc43)[C@H](C(=O)O)C[C@H]2C1. The van der Waals surface area contributed by atoms with Crippen molar-refractivity contribution in [3.8, 4) is 11.1 Å². The van der Waals surface area contributed by atoms with Crippen molar-refractivity contribution in [2.45, 2.75) is 37.6 Å². The lowest BCUT2D eigenvalue weighted by molar-refractivity contribution is -0.147. The van der Waals surface area contributed by atoms with Crippen LogP contribution in [0.25, 0.3) is 11.1 Å². The first kappa shape index (κ1) is 19.8. The van der Waals surface area contributed by atoms with Crippen LogP contribution in [0.3, 0.4) is 0 Å². The monoisotopic (exact) mass is 419 g/mol. The summed E-state index contributed by atoms with van der Waals surface area (Å²) in [6.45, 7) is 0.508. The number of nitrogens with zero attached hydrogens (tertiary/aromatic N) is 1. The van der Waals surface area contributed by atoms with Crippen LogP contribution in [0.2, 0.25) is 0 Å². The molecule has 0 aromatic heterocycles. The van der Waals surface area contributed by atoms with E-state index in [1.807, 2.05) is 24.3 Å². The van der Waals surface area contributed by atoms with Crippen LogP contribution < -0.4 is 0 Å². The van der Waals surface area contributed by atoms with E-state index in [1.165, 1.54) is 4.90 Å². The number of benzene rings is 2. The van der Waals surface area contributed by atoms with Gasteiger partial charge in [0.05, 0.1) is 0 Å². The Morgan fingerprint density at radius 2 is 1.65 bits per heavy atom. The first-order chi connectivity index (χ1) is 15.0. The second kappa shape index (κ2) is 7.84. The first-order valence-corrected chi connectivity index (χ1v) is 10.9. The largest absolute Gasteiger partial charge is 0.480 e. The number of fused-ring (bicyclic) bond motifs is 4. The van der Waals surface area contributed by atoms with Crippen molar-refractivity contribution < 1.29 is 24.2 Å². The summed E-state index contributed by atoms with van der Waals surface area (Å²) in [4.78, 5) is 38.1. The van der Waals surface area contributed by atoms with Crippen molar-refractivity contribution in [2.24, 2.45) is 11.8 Å². The molecule has 1 N–H and O–H groups in total. The molecule has 0 spiro atoms. The summed E-state index contributed by atoms with van der Waals surface area (Å²) in [5, 5.41) is 9.72. The van der Waals surface area contributed by atoms with Gasteiger partial charge in [-0.05, 0) is 46.9 Å². The van der Waals surface area contributed by atoms with Crippen LogP contribution in [0, 0.1) is 11.8 Å². The molecular formula is C25H25NO5. The molecule has 3 aliphatic rings. The lowest BCUT2D eigenvalue weighted by Crippen LogP contribution is -2.54. The van der Waals surface area contributed by atoms with Crippen LogP contribution in [0.15, 0.2) is 48.5 Å². The number of carbonyl (C=O) groups is 3. The maximum absolute atomic E-state index is 13.0. The molecule has 0 bridgehead atoms. The van der Waals surface area contributed by atoms with Crippen LogP contribution in [-0.2, 0) is 14.3 Å². The number of amides is 1. The number of likely N-dealkylation sites (tertiary alicyclic amines) is 1. The third-order valence-corrected chi connectivity index (χ3v) is 7.14. The van der Waals surface area contributed by atoms with Gasteiger partial charge in [0.15, 0.2) is 0 Å². The quantitative estimate of drug-likeness (QED) is 0.810. The Morgan fingerprint density at radius 3 is 2.29 bits per heavy atom. The fourth-order valence-electron chi connectivity index (χ4n) is 5.57. The lowest BCUT2D eigenvalue weighted by Gasteiger charge is -2.43. The summed E-state index contributed by atoms with van der Waals surface area (Å²) in [6, 6.07) is 15.3. The number of aliphatic carboxylic acids is 1. The maximum Gasteiger partial charge on any atom is 0.410 e. The topological polar surface area (TPSA) is 83.9 Å². The van der Waals surface area contributed by atoms with Gasteiger partial charge in [-0.2, -0.15) is 0 Å². The molecule has 2 aliphatic carbocycles. The highest BCUT2D eigenvalue weighted by atomic mass is 16.6. The molecule has 3 atom stereocenters. The molecule has 6 nitrogen and oxygen atoms in total. The average Bonchev–Trinajstić information content (AvgIpc) is 3.10. The van der Waals surface area contributed by atoms with Gasteiger partial charge in [-0.3, -0.25) is 9.69 Å². The Labute approximate surface area is 180 Å². The highest BCUT2D eigenvalue weighted by molar-refractivity contribution is 5.83. The van der Waals surface area contributed by atoms with Crippen molar-refractivity contribution in [3.05, 3.63) is 59.7 Å². The number of hydrogen-bond acceptors (Lipinski definition) is 4. The van der Waals surface area contributed by atoms with Gasteiger partial charge >= 0.3 is 12.1 Å². The summed E-state index contributed by atoms with van der Waals surface area (Å²) in [5.74, 6) is -0.705. The summed E-state index contributed by atoms with van der Waals surface area (Å²) < 4.78 is 5.72. The average molecular weight is 419 g/mol. The van der Waals surface area contributed by atoms with E-state index in [-0.39, 0.29) is 30.1 Å². The standard InChI is InChI=1S/C25H25NO5/c27-17-10-9-15-13-26(23(24(28)29)12-16(15)11-17)25(30)31-14-22-20-7-3-1-5-18(20)19-6-2-4-8-21(19)22/h1-8,15-16,22-23H,9-14H2,(H,28,29)/t15-,16-,23+/m1/s1. The van der Waals surface area contributed by atoms with E-state index in [0.29, 0.717) is 32.2 Å². The second-order valence-corrected chi connectivity index (χ2v) is 8.85. The fraction of sp³-hybridized carbons (Fsp3) is 0.400. The number of carboxylic acids is 1. The van der Waals surface area contributed by atoms with Gasteiger partial charge in [0.25, 0.3) is 0 Å². The molecule has 2 fully saturated rings. The molecular weight excluding hydrogens is 394 g/mol. The van der Waals surface area contributed by atoms with E-state index in [9.17, 15) is 19.5 Å². The molecule has 2 aromatic carbocycles. The minimum atomic E-state index is -1.04. The smallest absolute Gasteiger partial charge is 0.410 e. The van der Waals surface area contributed by atoms with Crippen molar-refractivity contribution in [3.63, 3.8) is 0 Å². The molecule has 1 saturated heterocycles. The summed E-state index contributed by atoms with van der Waals surface area (Å²) in [5.41, 5.74) is 4.54. The summed E-state index contributed by atoms with van der Waals surface area (Å²) in [6.07, 6.45) is 1.38. The third kappa shape index (κ3) is 3.50. The van der Waals surface area contributed by atoms with Gasteiger partial charge in [-0.15, -0.1) is 0 Å². The molecule has 0 unspecified atom stereocenters. The zero-order valence-electron chi connectivity index (χ0n) is 17.2. The number of ketones is 1. The Hall–Kier alpha value is -3.15. The molecule has 5 rings (SSSR count). The van der Waals surface area contributed by atoms with Crippen molar-refractivity contribution >= 4 is 17.8 Å². The van der Waals surface area contributed by atoms with Gasteiger partial charge in [-0.1, -0.05) is 48.5 Å². The van der Waals surface area contributed by atoms with Gasteiger partial charge in [0.1, 0.15) is 18.4 Å². The molecule has 1 saturated carbocycles. The van der Waals surface area contributed by atoms with Gasteiger partial charge < -0.3 is 9.84 Å². The Balaban J connectivity index is 1.33. The minimum absolute atomic E-state index is 0.0417. The van der Waals surface area contributed by atoms with E-state index in [1.54, 1.807) is 0 Å². The molecule has 0 radical (unpaired) electrons. The number of carboxylic acid groups (broad SMARTS) is 1. The highest BCUT2D eigenvalue weighted by Gasteiger charge is 2.44. The summed E-state index contributed by atoms with van der Waals surface area (Å²) >= 11 is 0.